The van der Waals surface area contributed by atoms with Crippen molar-refractivity contribution >= 4 is 29.1 Å². The molecule has 0 spiro atoms. The van der Waals surface area contributed by atoms with E-state index in [-0.39, 0.29) is 18.2 Å². The molecule has 3 aromatic rings. The smallest absolute Gasteiger partial charge is 0.250 e. The van der Waals surface area contributed by atoms with Gasteiger partial charge in [-0.1, -0.05) is 66.9 Å². The van der Waals surface area contributed by atoms with Crippen molar-refractivity contribution in [1.29, 1.82) is 0 Å². The third-order valence-electron chi connectivity index (χ3n) is 6.78. The van der Waals surface area contributed by atoms with Crippen LogP contribution in [-0.4, -0.2) is 36.5 Å². The zero-order chi connectivity index (χ0) is 25.5. The van der Waals surface area contributed by atoms with Crippen LogP contribution >= 0.6 is 11.6 Å². The molecule has 1 saturated carbocycles. The van der Waals surface area contributed by atoms with Crippen molar-refractivity contribution in [3.05, 3.63) is 88.9 Å². The van der Waals surface area contributed by atoms with E-state index in [0.29, 0.717) is 41.6 Å². The first-order valence-corrected chi connectivity index (χ1v) is 12.5. The van der Waals surface area contributed by atoms with Crippen molar-refractivity contribution in [2.24, 2.45) is 0 Å². The van der Waals surface area contributed by atoms with Crippen molar-refractivity contribution in [3.63, 3.8) is 0 Å². The summed E-state index contributed by atoms with van der Waals surface area (Å²) in [5.74, 6) is 0.826. The maximum Gasteiger partial charge on any atom is 0.250 e. The third-order valence-corrected chi connectivity index (χ3v) is 7.03. The number of amides is 2. The molecule has 7 heteroatoms. The van der Waals surface area contributed by atoms with Gasteiger partial charge in [-0.25, -0.2) is 0 Å². The number of carbonyl (C=O) groups is 2. The Kier molecular flexibility index (Phi) is 8.16. The molecule has 4 rings (SSSR count). The first-order chi connectivity index (χ1) is 17.4. The Bertz CT molecular complexity index is 1190. The van der Waals surface area contributed by atoms with Crippen LogP contribution in [0.3, 0.4) is 0 Å². The Balaban J connectivity index is 1.68. The number of methoxy groups -OCH3 is 2. The van der Waals surface area contributed by atoms with Crippen LogP contribution in [0.1, 0.15) is 36.8 Å². The summed E-state index contributed by atoms with van der Waals surface area (Å²) in [6.45, 7) is 0.315. The van der Waals surface area contributed by atoms with E-state index in [1.807, 2.05) is 42.5 Å². The number of rotatable bonds is 9. The number of nitrogens with zero attached hydrogens (tertiary/aromatic N) is 1. The summed E-state index contributed by atoms with van der Waals surface area (Å²) in [5, 5.41) is 3.68. The molecule has 1 N–H and O–H groups in total. The lowest BCUT2D eigenvalue weighted by atomic mass is 9.91. The molecule has 0 saturated heterocycles. The van der Waals surface area contributed by atoms with Crippen molar-refractivity contribution in [2.45, 2.75) is 44.2 Å². The van der Waals surface area contributed by atoms with E-state index in [2.05, 4.69) is 5.32 Å². The molecule has 1 fully saturated rings. The molecule has 188 valence electrons. The van der Waals surface area contributed by atoms with Gasteiger partial charge in [-0.3, -0.25) is 9.59 Å². The van der Waals surface area contributed by atoms with Crippen LogP contribution in [0, 0.1) is 0 Å². The largest absolute Gasteiger partial charge is 0.497 e. The highest BCUT2D eigenvalue weighted by molar-refractivity contribution is 6.30. The molecular formula is C29H31ClN2O4. The van der Waals surface area contributed by atoms with Crippen LogP contribution in [0.5, 0.6) is 11.5 Å². The maximum atomic E-state index is 14.0. The van der Waals surface area contributed by atoms with E-state index < -0.39 is 5.54 Å². The topological polar surface area (TPSA) is 67.9 Å². The first kappa shape index (κ1) is 25.6. The molecule has 1 aliphatic rings. The van der Waals surface area contributed by atoms with Crippen LogP contribution in [-0.2, 0) is 22.6 Å². The third kappa shape index (κ3) is 5.65. The fourth-order valence-electron chi connectivity index (χ4n) is 4.84. The van der Waals surface area contributed by atoms with Gasteiger partial charge in [0.05, 0.1) is 26.3 Å². The monoisotopic (exact) mass is 506 g/mol. The Hall–Kier alpha value is -3.51. The van der Waals surface area contributed by atoms with Gasteiger partial charge in [-0.05, 0) is 48.2 Å². The van der Waals surface area contributed by atoms with Gasteiger partial charge in [0.25, 0.3) is 0 Å². The van der Waals surface area contributed by atoms with E-state index in [9.17, 15) is 9.59 Å². The highest BCUT2D eigenvalue weighted by atomic mass is 35.5. The molecule has 0 atom stereocenters. The second kappa shape index (κ2) is 11.5. The molecule has 0 aromatic heterocycles. The van der Waals surface area contributed by atoms with E-state index in [4.69, 9.17) is 21.1 Å². The number of carbonyl (C=O) groups excluding carboxylic acids is 2. The van der Waals surface area contributed by atoms with E-state index >= 15 is 0 Å². The predicted octanol–water partition coefficient (Wildman–Crippen LogP) is 5.88. The molecule has 0 unspecified atom stereocenters. The molecule has 36 heavy (non-hydrogen) atoms. The maximum absolute atomic E-state index is 14.0. The molecule has 0 radical (unpaired) electrons. The van der Waals surface area contributed by atoms with Gasteiger partial charge in [-0.15, -0.1) is 0 Å². The van der Waals surface area contributed by atoms with Gasteiger partial charge in [0.2, 0.25) is 11.8 Å². The molecule has 0 heterocycles. The summed E-state index contributed by atoms with van der Waals surface area (Å²) in [6.07, 6.45) is 3.12. The summed E-state index contributed by atoms with van der Waals surface area (Å²) >= 11 is 6.10. The van der Waals surface area contributed by atoms with Crippen LogP contribution < -0.4 is 14.8 Å². The minimum atomic E-state index is -0.976. The minimum absolute atomic E-state index is 0.0881. The van der Waals surface area contributed by atoms with Gasteiger partial charge in [0.15, 0.2) is 0 Å². The number of nitrogens with one attached hydrogen (secondary N) is 1. The number of ether oxygens (including phenoxy) is 2. The van der Waals surface area contributed by atoms with Gasteiger partial charge < -0.3 is 19.7 Å². The average molecular weight is 507 g/mol. The zero-order valence-corrected chi connectivity index (χ0v) is 21.4. The molecule has 3 aromatic carbocycles. The fraction of sp³-hybridized carbons (Fsp3) is 0.310. The van der Waals surface area contributed by atoms with Crippen LogP contribution in [0.4, 0.5) is 5.69 Å². The van der Waals surface area contributed by atoms with Crippen molar-refractivity contribution in [2.75, 3.05) is 19.5 Å². The van der Waals surface area contributed by atoms with Crippen molar-refractivity contribution in [3.8, 4) is 11.5 Å². The molecule has 0 aliphatic heterocycles. The highest BCUT2D eigenvalue weighted by Gasteiger charge is 2.48. The molecule has 0 bridgehead atoms. The summed E-state index contributed by atoms with van der Waals surface area (Å²) in [6, 6.07) is 22.3. The molecule has 6 nitrogen and oxygen atoms in total. The van der Waals surface area contributed by atoms with Crippen LogP contribution in [0.2, 0.25) is 5.02 Å². The minimum Gasteiger partial charge on any atom is -0.497 e. The van der Waals surface area contributed by atoms with E-state index in [0.717, 1.165) is 24.0 Å². The molecule has 2 amide bonds. The summed E-state index contributed by atoms with van der Waals surface area (Å²) in [4.78, 5) is 29.6. The predicted molar refractivity (Wildman–Crippen MR) is 142 cm³/mol. The molecule has 1 aliphatic carbocycles. The number of benzene rings is 3. The zero-order valence-electron chi connectivity index (χ0n) is 20.6. The second-order valence-electron chi connectivity index (χ2n) is 9.03. The van der Waals surface area contributed by atoms with Gasteiger partial charge in [0.1, 0.15) is 17.0 Å². The number of hydrogen-bond acceptors (Lipinski definition) is 4. The Morgan fingerprint density at radius 1 is 0.917 bits per heavy atom. The number of anilines is 1. The SMILES string of the molecule is COc1ccc(NC(=O)C2(N(Cc3ccc(Cl)cc3)C(=O)Cc3ccccc3)CCCC2)c(OC)c1. The Labute approximate surface area is 217 Å². The Morgan fingerprint density at radius 2 is 1.61 bits per heavy atom. The second-order valence-corrected chi connectivity index (χ2v) is 9.46. The molecular weight excluding hydrogens is 476 g/mol. The summed E-state index contributed by atoms with van der Waals surface area (Å²) < 4.78 is 10.8. The van der Waals surface area contributed by atoms with E-state index in [1.54, 1.807) is 49.5 Å². The first-order valence-electron chi connectivity index (χ1n) is 12.1. The van der Waals surface area contributed by atoms with E-state index in [1.165, 1.54) is 0 Å². The normalized spacial score (nSPS) is 14.2. The fourth-order valence-corrected chi connectivity index (χ4v) is 4.96. The van der Waals surface area contributed by atoms with Crippen molar-refractivity contribution < 1.29 is 19.1 Å². The summed E-state index contributed by atoms with van der Waals surface area (Å²) in [7, 11) is 3.12. The van der Waals surface area contributed by atoms with Crippen molar-refractivity contribution in [1.82, 2.24) is 4.90 Å². The number of hydrogen-bond donors (Lipinski definition) is 1. The highest BCUT2D eigenvalue weighted by Crippen LogP contribution is 2.39. The van der Waals surface area contributed by atoms with Crippen LogP contribution in [0.15, 0.2) is 72.8 Å². The van der Waals surface area contributed by atoms with Gasteiger partial charge in [-0.2, -0.15) is 0 Å². The standard InChI is InChI=1S/C29H31ClN2O4/c1-35-24-14-15-25(26(19-24)36-2)31-28(34)29(16-6-7-17-29)32(20-22-10-12-23(30)13-11-22)27(33)18-21-8-4-3-5-9-21/h3-5,8-15,19H,6-7,16-18,20H2,1-2H3,(H,31,34). The lowest BCUT2D eigenvalue weighted by Gasteiger charge is -2.40. The lowest BCUT2D eigenvalue weighted by molar-refractivity contribution is -0.145. The quantitative estimate of drug-likeness (QED) is 0.393. The lowest BCUT2D eigenvalue weighted by Crippen LogP contribution is -2.57. The Morgan fingerprint density at radius 3 is 2.25 bits per heavy atom. The number of halogens is 1. The van der Waals surface area contributed by atoms with Crippen LogP contribution in [0.25, 0.3) is 0 Å². The van der Waals surface area contributed by atoms with Gasteiger partial charge >= 0.3 is 0 Å². The summed E-state index contributed by atoms with van der Waals surface area (Å²) in [5.41, 5.74) is 1.39. The average Bonchev–Trinajstić information content (AvgIpc) is 3.40. The van der Waals surface area contributed by atoms with Gasteiger partial charge in [0, 0.05) is 17.6 Å².